The number of nitrogens with zero attached hydrogens (tertiary/aromatic N) is 3. The van der Waals surface area contributed by atoms with E-state index in [0.29, 0.717) is 32.9 Å². The van der Waals surface area contributed by atoms with E-state index >= 15 is 0 Å². The Hall–Kier alpha value is -2.25. The summed E-state index contributed by atoms with van der Waals surface area (Å²) < 4.78 is 13.1. The van der Waals surface area contributed by atoms with Gasteiger partial charge in [0, 0.05) is 38.1 Å². The molecule has 0 aliphatic carbocycles. The van der Waals surface area contributed by atoms with Gasteiger partial charge in [-0.2, -0.15) is 5.10 Å². The van der Waals surface area contributed by atoms with Crippen molar-refractivity contribution in [2.45, 2.75) is 31.9 Å². The minimum absolute atomic E-state index is 0.0496. The monoisotopic (exact) mass is 356 g/mol. The highest BCUT2D eigenvalue weighted by Gasteiger charge is 2.27. The smallest absolute Gasteiger partial charge is 0.223 e. The summed E-state index contributed by atoms with van der Waals surface area (Å²) in [6.07, 6.45) is 6.11. The number of hydrogen-bond acceptors (Lipinski definition) is 5. The number of carbonyl (C=O) groups is 1. The fourth-order valence-electron chi connectivity index (χ4n) is 3.52. The van der Waals surface area contributed by atoms with Gasteiger partial charge in [-0.15, -0.1) is 0 Å². The molecule has 0 spiro atoms. The van der Waals surface area contributed by atoms with Crippen molar-refractivity contribution in [2.75, 3.05) is 26.4 Å². The minimum atomic E-state index is -0.187. The number of nitrogens with one attached hydrogen (secondary N) is 1. The Morgan fingerprint density at radius 1 is 1.27 bits per heavy atom. The van der Waals surface area contributed by atoms with Crippen molar-refractivity contribution in [2.24, 2.45) is 5.92 Å². The number of aromatic nitrogens is 3. The van der Waals surface area contributed by atoms with Crippen LogP contribution in [0.2, 0.25) is 0 Å². The second-order valence-corrected chi connectivity index (χ2v) is 6.80. The molecule has 1 N–H and O–H groups in total. The largest absolute Gasteiger partial charge is 0.381 e. The zero-order valence-corrected chi connectivity index (χ0v) is 14.8. The predicted octanol–water partition coefficient (Wildman–Crippen LogP) is 1.48. The molecule has 0 unspecified atom stereocenters. The van der Waals surface area contributed by atoms with E-state index in [4.69, 9.17) is 14.6 Å². The lowest BCUT2D eigenvalue weighted by atomic mass is 9.99. The van der Waals surface area contributed by atoms with Crippen molar-refractivity contribution in [3.05, 3.63) is 47.5 Å². The molecule has 2 aromatic rings. The van der Waals surface area contributed by atoms with Crippen molar-refractivity contribution in [3.8, 4) is 0 Å². The zero-order valence-electron chi connectivity index (χ0n) is 14.8. The molecular weight excluding hydrogens is 332 g/mol. The standard InChI is InChI=1S/C19H24N4O3/c24-19(14-4-8-25-9-5-14)21-11-17-18-15(6-10-26-17)12-23(22-18)13-16-3-1-2-7-20-16/h1-3,7,12,14,17H,4-6,8-11,13H2,(H,21,24)/t17-/m0/s1. The highest BCUT2D eigenvalue weighted by atomic mass is 16.5. The highest BCUT2D eigenvalue weighted by molar-refractivity contribution is 5.78. The summed E-state index contributed by atoms with van der Waals surface area (Å²) in [5.74, 6) is 0.144. The maximum absolute atomic E-state index is 12.3. The summed E-state index contributed by atoms with van der Waals surface area (Å²) in [5.41, 5.74) is 3.09. The minimum Gasteiger partial charge on any atom is -0.381 e. The molecule has 1 fully saturated rings. The lowest BCUT2D eigenvalue weighted by Gasteiger charge is -2.25. The van der Waals surface area contributed by atoms with Crippen molar-refractivity contribution >= 4 is 5.91 Å². The van der Waals surface area contributed by atoms with Crippen LogP contribution in [0, 0.1) is 5.92 Å². The topological polar surface area (TPSA) is 78.3 Å². The highest BCUT2D eigenvalue weighted by Crippen LogP contribution is 2.25. The average molecular weight is 356 g/mol. The lowest BCUT2D eigenvalue weighted by molar-refractivity contribution is -0.128. The molecule has 26 heavy (non-hydrogen) atoms. The van der Waals surface area contributed by atoms with Crippen LogP contribution >= 0.6 is 0 Å². The van der Waals surface area contributed by atoms with Gasteiger partial charge in [0.2, 0.25) is 5.91 Å². The Kier molecular flexibility index (Phi) is 5.26. The van der Waals surface area contributed by atoms with Crippen molar-refractivity contribution < 1.29 is 14.3 Å². The van der Waals surface area contributed by atoms with Crippen LogP contribution in [-0.2, 0) is 27.2 Å². The third kappa shape index (κ3) is 3.94. The molecule has 2 aromatic heterocycles. The average Bonchev–Trinajstić information content (AvgIpc) is 3.10. The molecule has 2 aliphatic rings. The molecule has 0 bridgehead atoms. The van der Waals surface area contributed by atoms with E-state index in [-0.39, 0.29) is 17.9 Å². The number of fused-ring (bicyclic) bond motifs is 1. The molecule has 0 aromatic carbocycles. The van der Waals surface area contributed by atoms with Crippen LogP contribution in [-0.4, -0.2) is 47.0 Å². The van der Waals surface area contributed by atoms with Crippen molar-refractivity contribution in [1.29, 1.82) is 0 Å². The van der Waals surface area contributed by atoms with E-state index in [1.807, 2.05) is 22.9 Å². The zero-order chi connectivity index (χ0) is 17.8. The summed E-state index contributed by atoms with van der Waals surface area (Å²) in [5, 5.41) is 7.74. The van der Waals surface area contributed by atoms with Crippen LogP contribution in [0.5, 0.6) is 0 Å². The van der Waals surface area contributed by atoms with Gasteiger partial charge in [-0.25, -0.2) is 0 Å². The Morgan fingerprint density at radius 3 is 2.96 bits per heavy atom. The van der Waals surface area contributed by atoms with Crippen LogP contribution in [0.15, 0.2) is 30.6 Å². The summed E-state index contributed by atoms with van der Waals surface area (Å²) >= 11 is 0. The molecule has 0 radical (unpaired) electrons. The molecule has 7 nitrogen and oxygen atoms in total. The summed E-state index contributed by atoms with van der Waals surface area (Å²) in [6.45, 7) is 3.08. The number of rotatable bonds is 5. The molecule has 4 rings (SSSR count). The number of ether oxygens (including phenoxy) is 2. The molecular formula is C19H24N4O3. The normalized spacial score (nSPS) is 20.5. The van der Waals surface area contributed by atoms with E-state index < -0.39 is 0 Å². The molecule has 2 aliphatic heterocycles. The maximum Gasteiger partial charge on any atom is 0.223 e. The molecule has 138 valence electrons. The first kappa shape index (κ1) is 17.2. The lowest BCUT2D eigenvalue weighted by Crippen LogP contribution is -2.37. The maximum atomic E-state index is 12.3. The molecule has 7 heteroatoms. The summed E-state index contributed by atoms with van der Waals surface area (Å²) in [7, 11) is 0. The van der Waals surface area contributed by atoms with E-state index in [0.717, 1.165) is 30.7 Å². The van der Waals surface area contributed by atoms with Crippen LogP contribution in [0.4, 0.5) is 0 Å². The van der Waals surface area contributed by atoms with Gasteiger partial charge in [0.1, 0.15) is 6.10 Å². The Bertz CT molecular complexity index is 740. The SMILES string of the molecule is O=C(NC[C@@H]1OCCc2cn(Cc3ccccn3)nc21)C1CCOCC1. The first-order chi connectivity index (χ1) is 12.8. The van der Waals surface area contributed by atoms with Crippen LogP contribution in [0.1, 0.15) is 35.9 Å². The van der Waals surface area contributed by atoms with Gasteiger partial charge >= 0.3 is 0 Å². The third-order valence-corrected chi connectivity index (χ3v) is 4.97. The fraction of sp³-hybridized carbons (Fsp3) is 0.526. The number of pyridine rings is 1. The first-order valence-corrected chi connectivity index (χ1v) is 9.23. The third-order valence-electron chi connectivity index (χ3n) is 4.97. The molecule has 1 amide bonds. The van der Waals surface area contributed by atoms with Gasteiger partial charge in [0.25, 0.3) is 0 Å². The van der Waals surface area contributed by atoms with E-state index in [9.17, 15) is 4.79 Å². The molecule has 1 saturated heterocycles. The van der Waals surface area contributed by atoms with E-state index in [1.54, 1.807) is 6.20 Å². The van der Waals surface area contributed by atoms with Gasteiger partial charge in [-0.3, -0.25) is 14.5 Å². The number of amides is 1. The van der Waals surface area contributed by atoms with E-state index in [2.05, 4.69) is 16.5 Å². The van der Waals surface area contributed by atoms with Crippen LogP contribution in [0.25, 0.3) is 0 Å². The van der Waals surface area contributed by atoms with Gasteiger partial charge in [0.05, 0.1) is 24.5 Å². The first-order valence-electron chi connectivity index (χ1n) is 9.23. The quantitative estimate of drug-likeness (QED) is 0.878. The van der Waals surface area contributed by atoms with Crippen molar-refractivity contribution in [3.63, 3.8) is 0 Å². The summed E-state index contributed by atoms with van der Waals surface area (Å²) in [4.78, 5) is 16.7. The van der Waals surface area contributed by atoms with E-state index in [1.165, 1.54) is 5.56 Å². The van der Waals surface area contributed by atoms with Crippen LogP contribution in [0.3, 0.4) is 0 Å². The number of hydrogen-bond donors (Lipinski definition) is 1. The fourth-order valence-corrected chi connectivity index (χ4v) is 3.52. The van der Waals surface area contributed by atoms with Gasteiger partial charge in [-0.05, 0) is 37.0 Å². The summed E-state index contributed by atoms with van der Waals surface area (Å²) in [6, 6.07) is 5.87. The Morgan fingerprint density at radius 2 is 2.15 bits per heavy atom. The molecule has 1 atom stereocenters. The van der Waals surface area contributed by atoms with Crippen molar-refractivity contribution in [1.82, 2.24) is 20.1 Å². The molecule has 0 saturated carbocycles. The second-order valence-electron chi connectivity index (χ2n) is 6.80. The van der Waals surface area contributed by atoms with Gasteiger partial charge in [-0.1, -0.05) is 6.07 Å². The van der Waals surface area contributed by atoms with Gasteiger partial charge in [0.15, 0.2) is 0 Å². The Balaban J connectivity index is 1.39. The second kappa shape index (κ2) is 7.97. The molecule has 4 heterocycles. The number of carbonyl (C=O) groups excluding carboxylic acids is 1. The van der Waals surface area contributed by atoms with Gasteiger partial charge < -0.3 is 14.8 Å². The predicted molar refractivity (Wildman–Crippen MR) is 94.5 cm³/mol. The Labute approximate surface area is 152 Å². The van der Waals surface area contributed by atoms with Crippen LogP contribution < -0.4 is 5.32 Å².